The Hall–Kier alpha value is -1.67. The molecule has 2 nitrogen and oxygen atoms in total. The second-order valence-electron chi connectivity index (χ2n) is 5.15. The van der Waals surface area contributed by atoms with E-state index >= 15 is 0 Å². The summed E-state index contributed by atoms with van der Waals surface area (Å²) in [6.45, 7) is 9.98. The van der Waals surface area contributed by atoms with Crippen LogP contribution in [0, 0.1) is 34.6 Å². The predicted octanol–water partition coefficient (Wildman–Crippen LogP) is 5.28. The Morgan fingerprint density at radius 1 is 0.810 bits per heavy atom. The van der Waals surface area contributed by atoms with E-state index < -0.39 is 0 Å². The normalized spacial score (nSPS) is 9.86. The molecule has 0 radical (unpaired) electrons. The fourth-order valence-electron chi connectivity index (χ4n) is 1.93. The van der Waals surface area contributed by atoms with Gasteiger partial charge in [0.1, 0.15) is 11.5 Å². The average molecular weight is 307 g/mol. The minimum Gasteiger partial charge on any atom is -0.508 e. The summed E-state index contributed by atoms with van der Waals surface area (Å²) < 4.78 is 5.12. The highest BCUT2D eigenvalue weighted by molar-refractivity contribution is 6.31. The summed E-state index contributed by atoms with van der Waals surface area (Å²) in [4.78, 5) is 0. The van der Waals surface area contributed by atoms with Gasteiger partial charge in [-0.05, 0) is 80.6 Å². The molecular weight excluding hydrogens is 284 g/mol. The van der Waals surface area contributed by atoms with E-state index in [9.17, 15) is 5.11 Å². The number of hydrogen-bond donors (Lipinski definition) is 1. The van der Waals surface area contributed by atoms with Crippen LogP contribution in [-0.2, 0) is 0 Å². The van der Waals surface area contributed by atoms with E-state index in [4.69, 9.17) is 16.3 Å². The molecule has 0 atom stereocenters. The van der Waals surface area contributed by atoms with E-state index in [0.717, 1.165) is 27.5 Å². The highest BCUT2D eigenvalue weighted by Gasteiger charge is 2.03. The summed E-state index contributed by atoms with van der Waals surface area (Å²) in [6, 6.07) is 7.39. The van der Waals surface area contributed by atoms with Gasteiger partial charge in [-0.25, -0.2) is 0 Å². The van der Waals surface area contributed by atoms with Crippen LogP contribution in [0.15, 0.2) is 24.3 Å². The summed E-state index contributed by atoms with van der Waals surface area (Å²) >= 11 is 5.89. The maximum Gasteiger partial charge on any atom is 0.122 e. The lowest BCUT2D eigenvalue weighted by Crippen LogP contribution is -1.89. The number of rotatable bonds is 1. The van der Waals surface area contributed by atoms with Crippen LogP contribution in [0.25, 0.3) is 0 Å². The summed E-state index contributed by atoms with van der Waals surface area (Å²) in [7, 11) is 1.66. The number of hydrogen-bond acceptors (Lipinski definition) is 2. The van der Waals surface area contributed by atoms with Gasteiger partial charge in [0.2, 0.25) is 0 Å². The Balaban J connectivity index is 0.000000211. The van der Waals surface area contributed by atoms with Crippen molar-refractivity contribution in [3.05, 3.63) is 57.1 Å². The van der Waals surface area contributed by atoms with Crippen molar-refractivity contribution in [1.29, 1.82) is 0 Å². The largest absolute Gasteiger partial charge is 0.508 e. The Bertz CT molecular complexity index is 607. The molecule has 0 amide bonds. The van der Waals surface area contributed by atoms with Crippen LogP contribution in [0.5, 0.6) is 11.5 Å². The van der Waals surface area contributed by atoms with E-state index in [-0.39, 0.29) is 0 Å². The molecule has 2 aromatic rings. The van der Waals surface area contributed by atoms with E-state index in [2.05, 4.69) is 0 Å². The molecular formula is C18H23ClO2. The van der Waals surface area contributed by atoms with Gasteiger partial charge in [-0.1, -0.05) is 17.7 Å². The smallest absolute Gasteiger partial charge is 0.122 e. The van der Waals surface area contributed by atoms with Crippen LogP contribution in [-0.4, -0.2) is 12.2 Å². The highest BCUT2D eigenvalue weighted by atomic mass is 35.5. The summed E-state index contributed by atoms with van der Waals surface area (Å²) in [6.07, 6.45) is 0. The summed E-state index contributed by atoms with van der Waals surface area (Å²) in [5.74, 6) is 1.29. The second kappa shape index (κ2) is 7.37. The number of aryl methyl sites for hydroxylation is 1. The van der Waals surface area contributed by atoms with Crippen LogP contribution in [0.3, 0.4) is 0 Å². The molecule has 0 aliphatic carbocycles. The van der Waals surface area contributed by atoms with Gasteiger partial charge >= 0.3 is 0 Å². The van der Waals surface area contributed by atoms with E-state index in [1.165, 1.54) is 11.1 Å². The zero-order valence-electron chi connectivity index (χ0n) is 13.5. The minimum atomic E-state index is 0.392. The van der Waals surface area contributed by atoms with Crippen LogP contribution < -0.4 is 4.74 Å². The topological polar surface area (TPSA) is 29.5 Å². The van der Waals surface area contributed by atoms with Crippen LogP contribution in [0.2, 0.25) is 5.02 Å². The van der Waals surface area contributed by atoms with E-state index in [1.54, 1.807) is 13.2 Å². The molecule has 0 aliphatic heterocycles. The number of halogens is 1. The molecule has 0 heterocycles. The lowest BCUT2D eigenvalue weighted by Gasteiger charge is -2.07. The molecule has 0 fully saturated rings. The van der Waals surface area contributed by atoms with Crippen molar-refractivity contribution in [3.63, 3.8) is 0 Å². The van der Waals surface area contributed by atoms with Gasteiger partial charge in [0.25, 0.3) is 0 Å². The zero-order valence-corrected chi connectivity index (χ0v) is 14.3. The Kier molecular flexibility index (Phi) is 6.10. The first-order valence-corrected chi connectivity index (χ1v) is 7.22. The van der Waals surface area contributed by atoms with Crippen molar-refractivity contribution in [1.82, 2.24) is 0 Å². The second-order valence-corrected chi connectivity index (χ2v) is 5.56. The molecule has 0 saturated carbocycles. The van der Waals surface area contributed by atoms with Crippen molar-refractivity contribution >= 4 is 11.6 Å². The highest BCUT2D eigenvalue weighted by Crippen LogP contribution is 2.26. The van der Waals surface area contributed by atoms with Crippen molar-refractivity contribution in [3.8, 4) is 11.5 Å². The molecule has 1 N–H and O–H groups in total. The maximum atomic E-state index is 9.22. The quantitative estimate of drug-likeness (QED) is 0.776. The molecule has 2 rings (SSSR count). The number of benzene rings is 2. The van der Waals surface area contributed by atoms with Gasteiger partial charge in [-0.2, -0.15) is 0 Å². The number of aromatic hydroxyl groups is 1. The Morgan fingerprint density at radius 3 is 1.95 bits per heavy atom. The van der Waals surface area contributed by atoms with E-state index in [0.29, 0.717) is 5.75 Å². The van der Waals surface area contributed by atoms with Crippen molar-refractivity contribution < 1.29 is 9.84 Å². The zero-order chi connectivity index (χ0) is 16.2. The first kappa shape index (κ1) is 17.4. The summed E-state index contributed by atoms with van der Waals surface area (Å²) in [5.41, 5.74) is 5.60. The number of phenolic OH excluding ortho intramolecular Hbond substituents is 1. The standard InChI is InChI=1S/C9H11ClO.C9H12O/c1-6-7(2)9(11-3)5-4-8(6)10;1-6-4-5-9(10)8(3)7(6)2/h4-5H,1-3H3;4-5,10H,1-3H3. The number of methoxy groups -OCH3 is 1. The number of ether oxygens (including phenoxy) is 1. The maximum absolute atomic E-state index is 9.22. The van der Waals surface area contributed by atoms with Gasteiger partial charge in [0.05, 0.1) is 7.11 Å². The first-order valence-electron chi connectivity index (χ1n) is 6.85. The molecule has 3 heteroatoms. The van der Waals surface area contributed by atoms with Gasteiger partial charge in [0.15, 0.2) is 0 Å². The van der Waals surface area contributed by atoms with Crippen LogP contribution >= 0.6 is 11.6 Å². The third kappa shape index (κ3) is 4.15. The fraction of sp³-hybridized carbons (Fsp3) is 0.333. The van der Waals surface area contributed by atoms with Crippen LogP contribution in [0.1, 0.15) is 27.8 Å². The summed E-state index contributed by atoms with van der Waals surface area (Å²) in [5, 5.41) is 10.0. The minimum absolute atomic E-state index is 0.392. The molecule has 2 aromatic carbocycles. The molecule has 21 heavy (non-hydrogen) atoms. The third-order valence-corrected chi connectivity index (χ3v) is 4.33. The van der Waals surface area contributed by atoms with Gasteiger partial charge in [0, 0.05) is 5.02 Å². The predicted molar refractivity (Wildman–Crippen MR) is 89.8 cm³/mol. The molecule has 0 aliphatic rings. The van der Waals surface area contributed by atoms with Crippen molar-refractivity contribution in [2.24, 2.45) is 0 Å². The molecule has 0 spiro atoms. The molecule has 0 bridgehead atoms. The Labute approximate surface area is 132 Å². The monoisotopic (exact) mass is 306 g/mol. The fourth-order valence-corrected chi connectivity index (χ4v) is 2.13. The van der Waals surface area contributed by atoms with Gasteiger partial charge < -0.3 is 9.84 Å². The first-order chi connectivity index (χ1) is 9.79. The SMILES string of the molecule is COc1ccc(Cl)c(C)c1C.Cc1ccc(O)c(C)c1C. The molecule has 0 unspecified atom stereocenters. The molecule has 114 valence electrons. The van der Waals surface area contributed by atoms with Crippen molar-refractivity contribution in [2.45, 2.75) is 34.6 Å². The molecule has 0 aromatic heterocycles. The average Bonchev–Trinajstić information content (AvgIpc) is 2.48. The van der Waals surface area contributed by atoms with Crippen molar-refractivity contribution in [2.75, 3.05) is 7.11 Å². The molecule has 0 saturated heterocycles. The van der Waals surface area contributed by atoms with Gasteiger partial charge in [-0.15, -0.1) is 0 Å². The Morgan fingerprint density at radius 2 is 1.43 bits per heavy atom. The van der Waals surface area contributed by atoms with E-state index in [1.807, 2.05) is 52.8 Å². The van der Waals surface area contributed by atoms with Crippen LogP contribution in [0.4, 0.5) is 0 Å². The lowest BCUT2D eigenvalue weighted by atomic mass is 10.0. The lowest BCUT2D eigenvalue weighted by molar-refractivity contribution is 0.411. The third-order valence-electron chi connectivity index (χ3n) is 3.92. The number of phenols is 1. The van der Waals surface area contributed by atoms with Gasteiger partial charge in [-0.3, -0.25) is 0 Å².